The normalized spacial score (nSPS) is 10.2. The first kappa shape index (κ1) is 15.6. The van der Waals surface area contributed by atoms with Gasteiger partial charge < -0.3 is 10.6 Å². The van der Waals surface area contributed by atoms with Gasteiger partial charge in [-0.25, -0.2) is 0 Å². The number of hydrogen-bond donors (Lipinski definition) is 2. The number of carbonyl (C=O) groups is 1. The molecule has 0 saturated heterocycles. The number of halogens is 2. The van der Waals surface area contributed by atoms with Crippen molar-refractivity contribution in [2.75, 3.05) is 11.9 Å². The zero-order valence-corrected chi connectivity index (χ0v) is 12.8. The molecule has 0 bridgehead atoms. The summed E-state index contributed by atoms with van der Waals surface area (Å²) in [4.78, 5) is 15.9. The molecule has 2 rings (SSSR count). The molecule has 0 aliphatic heterocycles. The maximum absolute atomic E-state index is 11.7. The first-order chi connectivity index (χ1) is 10.1. The van der Waals surface area contributed by atoms with E-state index in [1.54, 1.807) is 24.4 Å². The molecule has 1 heterocycles. The Hall–Kier alpha value is -1.78. The number of pyridine rings is 1. The lowest BCUT2D eigenvalue weighted by atomic mass is 10.3. The van der Waals surface area contributed by atoms with Gasteiger partial charge in [-0.3, -0.25) is 9.78 Å². The number of nitrogens with zero attached hydrogens (tertiary/aromatic N) is 1. The lowest BCUT2D eigenvalue weighted by Crippen LogP contribution is -2.25. The largest absolute Gasteiger partial charge is 0.383 e. The van der Waals surface area contributed by atoms with Crippen molar-refractivity contribution in [1.29, 1.82) is 0 Å². The number of amides is 1. The van der Waals surface area contributed by atoms with Gasteiger partial charge >= 0.3 is 0 Å². The summed E-state index contributed by atoms with van der Waals surface area (Å²) in [6, 6.07) is 10.8. The van der Waals surface area contributed by atoms with Crippen LogP contribution in [0.4, 0.5) is 5.69 Å². The molecule has 0 unspecified atom stereocenters. The minimum Gasteiger partial charge on any atom is -0.383 e. The summed E-state index contributed by atoms with van der Waals surface area (Å²) in [5.74, 6) is -0.0497. The Labute approximate surface area is 133 Å². The minimum atomic E-state index is -0.0497. The average Bonchev–Trinajstić information content (AvgIpc) is 2.50. The molecule has 0 aliphatic carbocycles. The molecule has 0 fully saturated rings. The fourth-order valence-corrected chi connectivity index (χ4v) is 2.08. The first-order valence-electron chi connectivity index (χ1n) is 6.50. The van der Waals surface area contributed by atoms with Crippen LogP contribution < -0.4 is 10.6 Å². The van der Waals surface area contributed by atoms with E-state index in [2.05, 4.69) is 15.6 Å². The van der Waals surface area contributed by atoms with Gasteiger partial charge in [0.05, 0.1) is 22.9 Å². The lowest BCUT2D eigenvalue weighted by molar-refractivity contribution is -0.121. The number of carbonyl (C=O) groups excluding carboxylic acids is 1. The van der Waals surface area contributed by atoms with E-state index >= 15 is 0 Å². The second-order valence-electron chi connectivity index (χ2n) is 4.40. The van der Waals surface area contributed by atoms with Gasteiger partial charge in [-0.05, 0) is 30.3 Å². The fourth-order valence-electron chi connectivity index (χ4n) is 1.72. The van der Waals surface area contributed by atoms with Crippen LogP contribution in [-0.4, -0.2) is 17.4 Å². The molecule has 1 amide bonds. The third-order valence-corrected chi connectivity index (χ3v) is 3.35. The van der Waals surface area contributed by atoms with E-state index in [9.17, 15) is 4.79 Å². The Morgan fingerprint density at radius 3 is 2.81 bits per heavy atom. The summed E-state index contributed by atoms with van der Waals surface area (Å²) in [7, 11) is 0. The molecule has 1 aromatic carbocycles. The second-order valence-corrected chi connectivity index (χ2v) is 5.24. The van der Waals surface area contributed by atoms with Crippen LogP contribution in [0.1, 0.15) is 12.1 Å². The van der Waals surface area contributed by atoms with Gasteiger partial charge in [0.15, 0.2) is 0 Å². The van der Waals surface area contributed by atoms with Crippen LogP contribution in [0.15, 0.2) is 42.6 Å². The van der Waals surface area contributed by atoms with Crippen molar-refractivity contribution >= 4 is 34.8 Å². The highest BCUT2D eigenvalue weighted by atomic mass is 35.5. The Morgan fingerprint density at radius 1 is 1.19 bits per heavy atom. The highest BCUT2D eigenvalue weighted by Crippen LogP contribution is 2.25. The third kappa shape index (κ3) is 5.25. The van der Waals surface area contributed by atoms with Gasteiger partial charge in [0.2, 0.25) is 5.91 Å². The molecule has 0 aliphatic rings. The van der Waals surface area contributed by atoms with Crippen molar-refractivity contribution in [1.82, 2.24) is 10.3 Å². The quantitative estimate of drug-likeness (QED) is 0.855. The van der Waals surface area contributed by atoms with Gasteiger partial charge in [-0.2, -0.15) is 0 Å². The second kappa shape index (κ2) is 7.86. The molecule has 1 aromatic heterocycles. The van der Waals surface area contributed by atoms with E-state index in [4.69, 9.17) is 23.2 Å². The summed E-state index contributed by atoms with van der Waals surface area (Å²) in [5.41, 5.74) is 1.55. The first-order valence-corrected chi connectivity index (χ1v) is 7.26. The maximum Gasteiger partial charge on any atom is 0.222 e. The van der Waals surface area contributed by atoms with E-state index in [1.807, 2.05) is 18.2 Å². The van der Waals surface area contributed by atoms with Crippen LogP contribution in [0.3, 0.4) is 0 Å². The number of anilines is 1. The zero-order valence-electron chi connectivity index (χ0n) is 11.3. The standard InChI is InChI=1S/C15H15Cl2N3O/c16-11-4-5-13(17)14(9-11)19-8-6-15(21)20-10-12-3-1-2-7-18-12/h1-5,7,9,19H,6,8,10H2,(H,20,21). The summed E-state index contributed by atoms with van der Waals surface area (Å²) < 4.78 is 0. The molecule has 6 heteroatoms. The van der Waals surface area contributed by atoms with Crippen LogP contribution in [0, 0.1) is 0 Å². The van der Waals surface area contributed by atoms with Crippen molar-refractivity contribution in [2.45, 2.75) is 13.0 Å². The Morgan fingerprint density at radius 2 is 2.05 bits per heavy atom. The van der Waals surface area contributed by atoms with E-state index in [-0.39, 0.29) is 5.91 Å². The van der Waals surface area contributed by atoms with Crippen LogP contribution in [0.2, 0.25) is 10.0 Å². The monoisotopic (exact) mass is 323 g/mol. The number of rotatable bonds is 6. The smallest absolute Gasteiger partial charge is 0.222 e. The lowest BCUT2D eigenvalue weighted by Gasteiger charge is -2.09. The van der Waals surface area contributed by atoms with E-state index < -0.39 is 0 Å². The molecular formula is C15H15Cl2N3O. The third-order valence-electron chi connectivity index (χ3n) is 2.79. The molecule has 21 heavy (non-hydrogen) atoms. The SMILES string of the molecule is O=C(CCNc1cc(Cl)ccc1Cl)NCc1ccccn1. The zero-order chi connectivity index (χ0) is 15.1. The molecule has 2 N–H and O–H groups in total. The Balaban J connectivity index is 1.73. The van der Waals surface area contributed by atoms with Crippen LogP contribution in [0.5, 0.6) is 0 Å². The molecule has 0 saturated carbocycles. The predicted molar refractivity (Wildman–Crippen MR) is 85.7 cm³/mol. The molecule has 4 nitrogen and oxygen atoms in total. The highest BCUT2D eigenvalue weighted by molar-refractivity contribution is 6.35. The van der Waals surface area contributed by atoms with Gasteiger partial charge in [0, 0.05) is 24.2 Å². The molecule has 0 radical (unpaired) electrons. The molecule has 2 aromatic rings. The maximum atomic E-state index is 11.7. The van der Waals surface area contributed by atoms with Gasteiger partial charge in [-0.15, -0.1) is 0 Å². The van der Waals surface area contributed by atoms with Gasteiger partial charge in [-0.1, -0.05) is 29.3 Å². The molecular weight excluding hydrogens is 309 g/mol. The topological polar surface area (TPSA) is 54.0 Å². The summed E-state index contributed by atoms with van der Waals surface area (Å²) in [6.45, 7) is 0.908. The minimum absolute atomic E-state index is 0.0497. The van der Waals surface area contributed by atoms with Crippen molar-refractivity contribution in [3.05, 3.63) is 58.3 Å². The summed E-state index contributed by atoms with van der Waals surface area (Å²) in [6.07, 6.45) is 2.04. The number of nitrogens with one attached hydrogen (secondary N) is 2. The van der Waals surface area contributed by atoms with Crippen LogP contribution in [-0.2, 0) is 11.3 Å². The summed E-state index contributed by atoms with van der Waals surface area (Å²) >= 11 is 11.9. The Kier molecular flexibility index (Phi) is 5.84. The fraction of sp³-hybridized carbons (Fsp3) is 0.200. The van der Waals surface area contributed by atoms with Crippen molar-refractivity contribution < 1.29 is 4.79 Å². The van der Waals surface area contributed by atoms with Crippen molar-refractivity contribution in [3.8, 4) is 0 Å². The van der Waals surface area contributed by atoms with E-state index in [1.165, 1.54) is 0 Å². The van der Waals surface area contributed by atoms with E-state index in [0.29, 0.717) is 29.6 Å². The molecule has 0 atom stereocenters. The van der Waals surface area contributed by atoms with Crippen molar-refractivity contribution in [2.24, 2.45) is 0 Å². The van der Waals surface area contributed by atoms with Crippen molar-refractivity contribution in [3.63, 3.8) is 0 Å². The summed E-state index contributed by atoms with van der Waals surface area (Å²) in [5, 5.41) is 7.08. The number of hydrogen-bond acceptors (Lipinski definition) is 3. The molecule has 110 valence electrons. The van der Waals surface area contributed by atoms with Crippen LogP contribution in [0.25, 0.3) is 0 Å². The molecule has 0 spiro atoms. The number of aromatic nitrogens is 1. The van der Waals surface area contributed by atoms with Gasteiger partial charge in [0.1, 0.15) is 0 Å². The highest BCUT2D eigenvalue weighted by Gasteiger charge is 2.04. The average molecular weight is 324 g/mol. The number of benzene rings is 1. The Bertz CT molecular complexity index is 605. The van der Waals surface area contributed by atoms with Gasteiger partial charge in [0.25, 0.3) is 0 Å². The predicted octanol–water partition coefficient (Wildman–Crippen LogP) is 3.51. The van der Waals surface area contributed by atoms with E-state index in [0.717, 1.165) is 11.4 Å². The van der Waals surface area contributed by atoms with Crippen LogP contribution >= 0.6 is 23.2 Å².